The number of rotatable bonds is 5. The number of nitrogens with one attached hydrogen (secondary N) is 2. The molecule has 2 N–H and O–H groups in total. The van der Waals surface area contributed by atoms with Gasteiger partial charge in [-0.1, -0.05) is 39.7 Å². The Labute approximate surface area is 146 Å². The molecule has 2 amide bonds. The lowest BCUT2D eigenvalue weighted by Gasteiger charge is -2.08. The molecule has 23 heavy (non-hydrogen) atoms. The molecule has 120 valence electrons. The Hall–Kier alpha value is -1.92. The molecule has 0 fully saturated rings. The molecule has 0 heterocycles. The van der Waals surface area contributed by atoms with Crippen LogP contribution in [0.1, 0.15) is 15.9 Å². The van der Waals surface area contributed by atoms with Crippen LogP contribution in [-0.2, 0) is 11.3 Å². The number of benzene rings is 2. The van der Waals surface area contributed by atoms with E-state index >= 15 is 0 Å². The molecule has 0 unspecified atom stereocenters. The molecule has 0 saturated heterocycles. The third kappa shape index (κ3) is 5.65. The van der Waals surface area contributed by atoms with Gasteiger partial charge in [0.05, 0.1) is 6.54 Å². The van der Waals surface area contributed by atoms with Crippen LogP contribution in [-0.4, -0.2) is 18.4 Å². The van der Waals surface area contributed by atoms with E-state index in [9.17, 15) is 14.0 Å². The minimum Gasteiger partial charge on any atom is -0.350 e. The van der Waals surface area contributed by atoms with Gasteiger partial charge in [-0.25, -0.2) is 4.39 Å². The Kier molecular flexibility index (Phi) is 6.12. The fourth-order valence-electron chi connectivity index (χ4n) is 1.81. The molecule has 0 aliphatic carbocycles. The Morgan fingerprint density at radius 2 is 1.78 bits per heavy atom. The van der Waals surface area contributed by atoms with E-state index in [1.807, 2.05) is 0 Å². The lowest BCUT2D eigenvalue weighted by atomic mass is 10.2. The highest BCUT2D eigenvalue weighted by Gasteiger charge is 2.10. The molecule has 0 aliphatic rings. The first-order chi connectivity index (χ1) is 10.9. The molecule has 2 aromatic carbocycles. The second-order valence-corrected chi connectivity index (χ2v) is 6.10. The van der Waals surface area contributed by atoms with Crippen molar-refractivity contribution in [3.05, 3.63) is 68.9 Å². The number of halogens is 3. The molecule has 7 heteroatoms. The van der Waals surface area contributed by atoms with E-state index in [4.69, 9.17) is 11.6 Å². The van der Waals surface area contributed by atoms with Crippen LogP contribution >= 0.6 is 27.5 Å². The van der Waals surface area contributed by atoms with Crippen molar-refractivity contribution in [3.63, 3.8) is 0 Å². The molecular formula is C16H13BrClFN2O2. The van der Waals surface area contributed by atoms with E-state index in [-0.39, 0.29) is 18.0 Å². The summed E-state index contributed by atoms with van der Waals surface area (Å²) in [5.41, 5.74) is 1.03. The van der Waals surface area contributed by atoms with Crippen LogP contribution in [0, 0.1) is 5.82 Å². The maximum atomic E-state index is 13.2. The monoisotopic (exact) mass is 398 g/mol. The van der Waals surface area contributed by atoms with E-state index in [1.165, 1.54) is 12.1 Å². The van der Waals surface area contributed by atoms with Crippen molar-refractivity contribution in [2.75, 3.05) is 6.54 Å². The minimum absolute atomic E-state index is 0.141. The molecule has 2 rings (SSSR count). The highest BCUT2D eigenvalue weighted by atomic mass is 79.9. The number of carbonyl (C=O) groups is 2. The van der Waals surface area contributed by atoms with E-state index < -0.39 is 11.7 Å². The zero-order valence-electron chi connectivity index (χ0n) is 11.9. The summed E-state index contributed by atoms with van der Waals surface area (Å²) < 4.78 is 13.7. The normalized spacial score (nSPS) is 10.2. The standard InChI is InChI=1S/C16H13BrClFN2O2/c17-12-5-11(6-14(19)7-12)16(23)21-9-15(22)20-8-10-1-3-13(18)4-2-10/h1-7H,8-9H2,(H,20,22)(H,21,23). The average Bonchev–Trinajstić information content (AvgIpc) is 2.51. The predicted molar refractivity (Wildman–Crippen MR) is 89.7 cm³/mol. The third-order valence-corrected chi connectivity index (χ3v) is 3.65. The topological polar surface area (TPSA) is 58.2 Å². The van der Waals surface area contributed by atoms with Gasteiger partial charge in [-0.15, -0.1) is 0 Å². The van der Waals surface area contributed by atoms with Gasteiger partial charge in [-0.2, -0.15) is 0 Å². The summed E-state index contributed by atoms with van der Waals surface area (Å²) >= 11 is 8.88. The number of hydrogen-bond donors (Lipinski definition) is 2. The van der Waals surface area contributed by atoms with E-state index in [2.05, 4.69) is 26.6 Å². The Bertz CT molecular complexity index is 702. The molecule has 0 bridgehead atoms. The van der Waals surface area contributed by atoms with Gasteiger partial charge in [0.25, 0.3) is 5.91 Å². The summed E-state index contributed by atoms with van der Waals surface area (Å²) in [5, 5.41) is 5.73. The summed E-state index contributed by atoms with van der Waals surface area (Å²) in [4.78, 5) is 23.6. The summed E-state index contributed by atoms with van der Waals surface area (Å²) in [6, 6.07) is 10.9. The maximum Gasteiger partial charge on any atom is 0.251 e. The van der Waals surface area contributed by atoms with Crippen molar-refractivity contribution < 1.29 is 14.0 Å². The summed E-state index contributed by atoms with van der Waals surface area (Å²) in [6.45, 7) is 0.137. The van der Waals surface area contributed by atoms with Crippen LogP contribution in [0.4, 0.5) is 4.39 Å². The van der Waals surface area contributed by atoms with Gasteiger partial charge in [-0.3, -0.25) is 9.59 Å². The maximum absolute atomic E-state index is 13.2. The number of carbonyl (C=O) groups excluding carboxylic acids is 2. The van der Waals surface area contributed by atoms with E-state index in [0.717, 1.165) is 11.6 Å². The quantitative estimate of drug-likeness (QED) is 0.810. The van der Waals surface area contributed by atoms with Crippen molar-refractivity contribution >= 4 is 39.3 Å². The van der Waals surface area contributed by atoms with Gasteiger partial charge < -0.3 is 10.6 Å². The predicted octanol–water partition coefficient (Wildman–Crippen LogP) is 3.29. The zero-order chi connectivity index (χ0) is 16.8. The lowest BCUT2D eigenvalue weighted by molar-refractivity contribution is -0.120. The fourth-order valence-corrected chi connectivity index (χ4v) is 2.40. The number of amides is 2. The molecule has 0 aromatic heterocycles. The molecule has 4 nitrogen and oxygen atoms in total. The van der Waals surface area contributed by atoms with Crippen molar-refractivity contribution in [1.82, 2.24) is 10.6 Å². The molecule has 0 spiro atoms. The van der Waals surface area contributed by atoms with Gasteiger partial charge in [0, 0.05) is 21.6 Å². The van der Waals surface area contributed by atoms with Gasteiger partial charge in [-0.05, 0) is 35.9 Å². The van der Waals surface area contributed by atoms with Crippen LogP contribution < -0.4 is 10.6 Å². The molecule has 0 atom stereocenters. The van der Waals surface area contributed by atoms with Crippen LogP contribution in [0.5, 0.6) is 0 Å². The highest BCUT2D eigenvalue weighted by molar-refractivity contribution is 9.10. The van der Waals surface area contributed by atoms with Crippen molar-refractivity contribution in [2.45, 2.75) is 6.54 Å². The van der Waals surface area contributed by atoms with Gasteiger partial charge in [0.2, 0.25) is 5.91 Å². The van der Waals surface area contributed by atoms with E-state index in [1.54, 1.807) is 24.3 Å². The van der Waals surface area contributed by atoms with Gasteiger partial charge in [0.1, 0.15) is 5.82 Å². The van der Waals surface area contributed by atoms with Crippen molar-refractivity contribution in [2.24, 2.45) is 0 Å². The molecule has 0 radical (unpaired) electrons. The van der Waals surface area contributed by atoms with Crippen LogP contribution in [0.3, 0.4) is 0 Å². The Balaban J connectivity index is 1.81. The second-order valence-electron chi connectivity index (χ2n) is 4.74. The Morgan fingerprint density at radius 1 is 1.09 bits per heavy atom. The summed E-state index contributed by atoms with van der Waals surface area (Å²) in [5.74, 6) is -1.40. The smallest absolute Gasteiger partial charge is 0.251 e. The van der Waals surface area contributed by atoms with Gasteiger partial charge in [0.15, 0.2) is 0 Å². The van der Waals surface area contributed by atoms with Crippen LogP contribution in [0.15, 0.2) is 46.9 Å². The Morgan fingerprint density at radius 3 is 2.43 bits per heavy atom. The first-order valence-corrected chi connectivity index (χ1v) is 7.86. The fraction of sp³-hybridized carbons (Fsp3) is 0.125. The largest absolute Gasteiger partial charge is 0.350 e. The third-order valence-electron chi connectivity index (χ3n) is 2.94. The zero-order valence-corrected chi connectivity index (χ0v) is 14.2. The van der Waals surface area contributed by atoms with Crippen LogP contribution in [0.2, 0.25) is 5.02 Å². The summed E-state index contributed by atoms with van der Waals surface area (Å²) in [6.07, 6.45) is 0. The molecule has 2 aromatic rings. The molecular weight excluding hydrogens is 387 g/mol. The molecule has 0 saturated carbocycles. The molecule has 0 aliphatic heterocycles. The highest BCUT2D eigenvalue weighted by Crippen LogP contribution is 2.14. The first kappa shape index (κ1) is 17.4. The van der Waals surface area contributed by atoms with Crippen LogP contribution in [0.25, 0.3) is 0 Å². The lowest BCUT2D eigenvalue weighted by Crippen LogP contribution is -2.36. The summed E-state index contributed by atoms with van der Waals surface area (Å²) in [7, 11) is 0. The first-order valence-electron chi connectivity index (χ1n) is 6.69. The SMILES string of the molecule is O=C(CNC(=O)c1cc(F)cc(Br)c1)NCc1ccc(Cl)cc1. The minimum atomic E-state index is -0.531. The number of hydrogen-bond acceptors (Lipinski definition) is 2. The average molecular weight is 400 g/mol. The van der Waals surface area contributed by atoms with Crippen molar-refractivity contribution in [3.8, 4) is 0 Å². The second kappa shape index (κ2) is 8.08. The van der Waals surface area contributed by atoms with Gasteiger partial charge >= 0.3 is 0 Å². The van der Waals surface area contributed by atoms with Crippen molar-refractivity contribution in [1.29, 1.82) is 0 Å². The van der Waals surface area contributed by atoms with E-state index in [0.29, 0.717) is 16.0 Å².